The zero-order chi connectivity index (χ0) is 19.5. The van der Waals surface area contributed by atoms with Crippen LogP contribution in [0.2, 0.25) is 0 Å². The van der Waals surface area contributed by atoms with E-state index in [1.807, 2.05) is 0 Å². The van der Waals surface area contributed by atoms with Crippen molar-refractivity contribution >= 4 is 5.97 Å². The number of alkyl halides is 6. The Bertz CT molecular complexity index is 764. The summed E-state index contributed by atoms with van der Waals surface area (Å²) in [7, 11) is 0. The van der Waals surface area contributed by atoms with Gasteiger partial charge in [0.2, 0.25) is 0 Å². The normalized spacial score (nSPS) is 12.1. The minimum atomic E-state index is -4.93. The minimum absolute atomic E-state index is 0.0387. The van der Waals surface area contributed by atoms with Crippen molar-refractivity contribution in [3.05, 3.63) is 64.7 Å². The molecule has 0 aliphatic heterocycles. The zero-order valence-electron chi connectivity index (χ0n) is 13.0. The van der Waals surface area contributed by atoms with Crippen LogP contribution in [-0.4, -0.2) is 11.1 Å². The van der Waals surface area contributed by atoms with Gasteiger partial charge in [-0.2, -0.15) is 26.3 Å². The molecule has 0 radical (unpaired) electrons. The number of rotatable bonds is 5. The van der Waals surface area contributed by atoms with Crippen molar-refractivity contribution in [3.63, 3.8) is 0 Å². The first-order valence-corrected chi connectivity index (χ1v) is 7.17. The van der Waals surface area contributed by atoms with Gasteiger partial charge in [-0.15, -0.1) is 0 Å². The van der Waals surface area contributed by atoms with E-state index in [0.29, 0.717) is 17.7 Å². The Morgan fingerprint density at radius 2 is 1.46 bits per heavy atom. The van der Waals surface area contributed by atoms with Gasteiger partial charge in [-0.3, -0.25) is 4.79 Å². The van der Waals surface area contributed by atoms with Crippen LogP contribution in [-0.2, 0) is 30.2 Å². The van der Waals surface area contributed by atoms with Crippen LogP contribution >= 0.6 is 0 Å². The quantitative estimate of drug-likeness (QED) is 0.751. The van der Waals surface area contributed by atoms with Crippen molar-refractivity contribution in [1.29, 1.82) is 0 Å². The second-order valence-corrected chi connectivity index (χ2v) is 5.42. The average Bonchev–Trinajstić information content (AvgIpc) is 2.51. The second kappa shape index (κ2) is 7.27. The molecular formula is C17H12F6O3. The highest BCUT2D eigenvalue weighted by Crippen LogP contribution is 2.36. The van der Waals surface area contributed by atoms with E-state index in [4.69, 9.17) is 9.84 Å². The molecule has 0 spiro atoms. The van der Waals surface area contributed by atoms with Crippen molar-refractivity contribution in [2.45, 2.75) is 25.4 Å². The molecule has 26 heavy (non-hydrogen) atoms. The number of hydrogen-bond acceptors (Lipinski definition) is 2. The molecule has 0 aliphatic carbocycles. The van der Waals surface area contributed by atoms with Crippen LogP contribution in [0.15, 0.2) is 42.5 Å². The first kappa shape index (κ1) is 19.6. The maximum Gasteiger partial charge on any atom is 0.416 e. The topological polar surface area (TPSA) is 46.5 Å². The maximum absolute atomic E-state index is 12.8. The summed E-state index contributed by atoms with van der Waals surface area (Å²) in [6.45, 7) is -0.538. The number of hydrogen-bond donors (Lipinski definition) is 1. The van der Waals surface area contributed by atoms with Crippen LogP contribution in [0.5, 0.6) is 5.75 Å². The second-order valence-electron chi connectivity index (χ2n) is 5.42. The lowest BCUT2D eigenvalue weighted by molar-refractivity contribution is -0.143. The summed E-state index contributed by atoms with van der Waals surface area (Å²) in [5, 5.41) is 8.73. The molecule has 2 aromatic carbocycles. The largest absolute Gasteiger partial charge is 0.489 e. The molecule has 0 unspecified atom stereocenters. The Hall–Kier alpha value is -2.71. The van der Waals surface area contributed by atoms with Gasteiger partial charge in [-0.1, -0.05) is 12.1 Å². The van der Waals surface area contributed by atoms with Crippen molar-refractivity contribution < 1.29 is 41.0 Å². The number of carbonyl (C=O) groups is 1. The van der Waals surface area contributed by atoms with Gasteiger partial charge in [0.25, 0.3) is 0 Å². The molecule has 2 aromatic rings. The molecule has 2 rings (SSSR count). The monoisotopic (exact) mass is 378 g/mol. The van der Waals surface area contributed by atoms with Crippen LogP contribution in [0, 0.1) is 0 Å². The van der Waals surface area contributed by atoms with Gasteiger partial charge in [0.05, 0.1) is 17.5 Å². The molecule has 0 saturated carbocycles. The van der Waals surface area contributed by atoms with Crippen LogP contribution in [0.1, 0.15) is 22.3 Å². The standard InChI is InChI=1S/C17H12F6O3/c18-16(19,20)12-4-11(5-13(8-12)17(21,22)23)9-26-14-3-1-2-10(6-14)7-15(24)25/h1-6,8H,7,9H2,(H,24,25). The molecule has 9 heteroatoms. The van der Waals surface area contributed by atoms with Gasteiger partial charge >= 0.3 is 18.3 Å². The lowest BCUT2D eigenvalue weighted by Crippen LogP contribution is -2.12. The average molecular weight is 378 g/mol. The van der Waals surface area contributed by atoms with Crippen LogP contribution < -0.4 is 4.74 Å². The van der Waals surface area contributed by atoms with Crippen molar-refractivity contribution in [2.24, 2.45) is 0 Å². The van der Waals surface area contributed by atoms with Gasteiger partial charge in [-0.05, 0) is 41.5 Å². The number of carboxylic acids is 1. The smallest absolute Gasteiger partial charge is 0.416 e. The molecule has 1 N–H and O–H groups in total. The van der Waals surface area contributed by atoms with E-state index in [2.05, 4.69) is 0 Å². The molecule has 0 aliphatic rings. The van der Waals surface area contributed by atoms with Crippen molar-refractivity contribution in [1.82, 2.24) is 0 Å². The molecular weight excluding hydrogens is 366 g/mol. The Labute approximate surface area is 143 Å². The third-order valence-electron chi connectivity index (χ3n) is 3.31. The fourth-order valence-corrected chi connectivity index (χ4v) is 2.19. The van der Waals surface area contributed by atoms with E-state index < -0.39 is 36.1 Å². The SMILES string of the molecule is O=C(O)Cc1cccc(OCc2cc(C(F)(F)F)cc(C(F)(F)F)c2)c1. The van der Waals surface area contributed by atoms with E-state index >= 15 is 0 Å². The van der Waals surface area contributed by atoms with Gasteiger partial charge in [0.1, 0.15) is 12.4 Å². The summed E-state index contributed by atoms with van der Waals surface area (Å²) >= 11 is 0. The highest BCUT2D eigenvalue weighted by molar-refractivity contribution is 5.70. The summed E-state index contributed by atoms with van der Waals surface area (Å²) in [6, 6.07) is 6.95. The summed E-state index contributed by atoms with van der Waals surface area (Å²) in [5.41, 5.74) is -2.78. The first-order valence-electron chi connectivity index (χ1n) is 7.17. The van der Waals surface area contributed by atoms with Crippen LogP contribution in [0.3, 0.4) is 0 Å². The fourth-order valence-electron chi connectivity index (χ4n) is 2.19. The fraction of sp³-hybridized carbons (Fsp3) is 0.235. The van der Waals surface area contributed by atoms with Crippen LogP contribution in [0.25, 0.3) is 0 Å². The molecule has 0 aromatic heterocycles. The number of halogens is 6. The number of carboxylic acid groups (broad SMARTS) is 1. The molecule has 3 nitrogen and oxygen atoms in total. The van der Waals surface area contributed by atoms with E-state index in [-0.39, 0.29) is 23.8 Å². The Morgan fingerprint density at radius 1 is 0.885 bits per heavy atom. The first-order chi connectivity index (χ1) is 11.9. The predicted molar refractivity (Wildman–Crippen MR) is 78.6 cm³/mol. The Morgan fingerprint density at radius 3 is 1.96 bits per heavy atom. The highest BCUT2D eigenvalue weighted by atomic mass is 19.4. The van der Waals surface area contributed by atoms with Gasteiger partial charge in [-0.25, -0.2) is 0 Å². The number of benzene rings is 2. The molecule has 0 atom stereocenters. The van der Waals surface area contributed by atoms with E-state index in [1.54, 1.807) is 0 Å². The Balaban J connectivity index is 2.25. The number of aliphatic carboxylic acids is 1. The molecule has 0 amide bonds. The van der Waals surface area contributed by atoms with E-state index in [1.165, 1.54) is 24.3 Å². The van der Waals surface area contributed by atoms with Gasteiger partial charge < -0.3 is 9.84 Å². The van der Waals surface area contributed by atoms with Gasteiger partial charge in [0.15, 0.2) is 0 Å². The van der Waals surface area contributed by atoms with E-state index in [9.17, 15) is 31.1 Å². The molecule has 0 fully saturated rings. The van der Waals surface area contributed by atoms with Crippen molar-refractivity contribution in [3.8, 4) is 5.75 Å². The Kier molecular flexibility index (Phi) is 5.48. The summed E-state index contributed by atoms with van der Waals surface area (Å²) in [5.74, 6) is -0.954. The lowest BCUT2D eigenvalue weighted by atomic mass is 10.1. The minimum Gasteiger partial charge on any atom is -0.489 e. The molecule has 0 heterocycles. The molecule has 0 bridgehead atoms. The third-order valence-corrected chi connectivity index (χ3v) is 3.31. The highest BCUT2D eigenvalue weighted by Gasteiger charge is 2.36. The molecule has 0 saturated heterocycles. The van der Waals surface area contributed by atoms with Gasteiger partial charge in [0, 0.05) is 0 Å². The summed E-state index contributed by atoms with van der Waals surface area (Å²) < 4.78 is 82.1. The van der Waals surface area contributed by atoms with Crippen LogP contribution in [0.4, 0.5) is 26.3 Å². The maximum atomic E-state index is 12.8. The van der Waals surface area contributed by atoms with E-state index in [0.717, 1.165) is 0 Å². The summed E-state index contributed by atoms with van der Waals surface area (Å²) in [6.07, 6.45) is -10.2. The number of ether oxygens (including phenoxy) is 1. The summed E-state index contributed by atoms with van der Waals surface area (Å²) in [4.78, 5) is 10.7. The predicted octanol–water partition coefficient (Wildman–Crippen LogP) is 4.93. The zero-order valence-corrected chi connectivity index (χ0v) is 13.0. The molecule has 140 valence electrons. The third kappa shape index (κ3) is 5.40. The van der Waals surface area contributed by atoms with Crippen molar-refractivity contribution in [2.75, 3.05) is 0 Å². The lowest BCUT2D eigenvalue weighted by Gasteiger charge is -2.15.